The molecule has 1 aliphatic rings. The highest BCUT2D eigenvalue weighted by molar-refractivity contribution is 9.10. The molecule has 42 heavy (non-hydrogen) atoms. The maximum Gasteiger partial charge on any atom is 0.264 e. The molecule has 5 rings (SSSR count). The number of rotatable bonds is 6. The van der Waals surface area contributed by atoms with Gasteiger partial charge in [-0.05, 0) is 75.2 Å². The van der Waals surface area contributed by atoms with E-state index >= 15 is 0 Å². The van der Waals surface area contributed by atoms with Gasteiger partial charge >= 0.3 is 0 Å². The van der Waals surface area contributed by atoms with Crippen LogP contribution in [-0.2, 0) is 27.5 Å². The first-order chi connectivity index (χ1) is 19.5. The molecule has 0 radical (unpaired) electrons. The van der Waals surface area contributed by atoms with Crippen LogP contribution in [0.15, 0.2) is 64.4 Å². The Labute approximate surface area is 258 Å². The van der Waals surface area contributed by atoms with Crippen LogP contribution < -0.4 is 9.62 Å². The summed E-state index contributed by atoms with van der Waals surface area (Å²) in [5, 5.41) is 3.48. The lowest BCUT2D eigenvalue weighted by molar-refractivity contribution is 0.277. The lowest BCUT2D eigenvalue weighted by Gasteiger charge is -2.37. The number of fused-ring (bicyclic) bond motifs is 2. The molecule has 3 heterocycles. The van der Waals surface area contributed by atoms with Crippen molar-refractivity contribution in [2.45, 2.75) is 83.1 Å². The van der Waals surface area contributed by atoms with Gasteiger partial charge in [0.2, 0.25) is 0 Å². The van der Waals surface area contributed by atoms with Gasteiger partial charge in [0.15, 0.2) is 19.8 Å². The monoisotopic (exact) mass is 669 g/mol. The Morgan fingerprint density at radius 3 is 2.52 bits per heavy atom. The number of sulfonamides is 1. The fraction of sp³-hybridized carbons (Fsp3) is 0.419. The fourth-order valence-electron chi connectivity index (χ4n) is 4.88. The summed E-state index contributed by atoms with van der Waals surface area (Å²) in [6.45, 7) is 17.9. The van der Waals surface area contributed by atoms with Crippen LogP contribution in [0.5, 0.6) is 0 Å². The van der Waals surface area contributed by atoms with Crippen LogP contribution in [-0.4, -0.2) is 43.2 Å². The van der Waals surface area contributed by atoms with Crippen LogP contribution >= 0.6 is 15.9 Å². The minimum absolute atomic E-state index is 0.0105. The Morgan fingerprint density at radius 2 is 1.83 bits per heavy atom. The molecule has 0 saturated carbocycles. The quantitative estimate of drug-likeness (QED) is 0.212. The van der Waals surface area contributed by atoms with Crippen LogP contribution in [0.1, 0.15) is 52.7 Å². The first-order valence-electron chi connectivity index (χ1n) is 14.2. The van der Waals surface area contributed by atoms with E-state index in [0.29, 0.717) is 35.1 Å². The van der Waals surface area contributed by atoms with E-state index < -0.39 is 18.3 Å². The third-order valence-corrected chi connectivity index (χ3v) is 15.0. The molecule has 0 fully saturated rings. The third-order valence-electron chi connectivity index (χ3n) is 8.12. The van der Waals surface area contributed by atoms with E-state index in [4.69, 9.17) is 9.41 Å². The van der Waals surface area contributed by atoms with Gasteiger partial charge in [0, 0.05) is 46.3 Å². The van der Waals surface area contributed by atoms with Gasteiger partial charge in [-0.3, -0.25) is 4.31 Å². The number of halogens is 1. The molecule has 2 aromatic heterocycles. The normalized spacial score (nSPS) is 15.6. The van der Waals surface area contributed by atoms with Gasteiger partial charge in [0.1, 0.15) is 0 Å². The standard InChI is InChI=1S/C31H40BrN5O3SSi/c1-30(2,3)35-28-29-33-15-17-36(29)19-25(34-28)23-10-9-11-26(24(23)20-40-42(7,8)31(4,5)6)37-16-14-21-18-22(32)12-13-27(21)41(37,38)39/h9-13,15,17-19H,14,16,20H2,1-8H3,(H,34,35). The average molecular weight is 671 g/mol. The van der Waals surface area contributed by atoms with E-state index in [-0.39, 0.29) is 17.2 Å². The van der Waals surface area contributed by atoms with Crippen molar-refractivity contribution in [1.82, 2.24) is 14.4 Å². The Bertz CT molecular complexity index is 1760. The highest BCUT2D eigenvalue weighted by Crippen LogP contribution is 2.41. The number of aromatic nitrogens is 3. The van der Waals surface area contributed by atoms with Crippen molar-refractivity contribution in [3.63, 3.8) is 0 Å². The molecule has 1 N–H and O–H groups in total. The van der Waals surface area contributed by atoms with Crippen molar-refractivity contribution in [3.05, 3.63) is 70.6 Å². The van der Waals surface area contributed by atoms with Gasteiger partial charge in [-0.25, -0.2) is 18.4 Å². The zero-order valence-electron chi connectivity index (χ0n) is 25.6. The number of imidazole rings is 1. The molecule has 0 bridgehead atoms. The smallest absolute Gasteiger partial charge is 0.264 e. The molecule has 4 aromatic rings. The van der Waals surface area contributed by atoms with Crippen LogP contribution in [0.25, 0.3) is 16.9 Å². The summed E-state index contributed by atoms with van der Waals surface area (Å²) in [4.78, 5) is 9.90. The molecule has 11 heteroatoms. The van der Waals surface area contributed by atoms with E-state index in [1.807, 2.05) is 41.1 Å². The SMILES string of the molecule is CC(C)(C)Nc1nc(-c2cccc(N3CCc4cc(Br)ccc4S3(=O)=O)c2CO[Si](C)(C)C(C)(C)C)cn2ccnc12. The highest BCUT2D eigenvalue weighted by atomic mass is 79.9. The van der Waals surface area contributed by atoms with E-state index in [9.17, 15) is 8.42 Å². The van der Waals surface area contributed by atoms with Crippen molar-refractivity contribution in [3.8, 4) is 11.3 Å². The number of benzene rings is 2. The molecule has 0 saturated heterocycles. The second kappa shape index (κ2) is 10.8. The summed E-state index contributed by atoms with van der Waals surface area (Å²) >= 11 is 3.49. The van der Waals surface area contributed by atoms with Crippen LogP contribution in [0.3, 0.4) is 0 Å². The molecule has 0 aliphatic carbocycles. The van der Waals surface area contributed by atoms with Crippen molar-refractivity contribution in [2.24, 2.45) is 0 Å². The molecule has 2 aromatic carbocycles. The van der Waals surface area contributed by atoms with E-state index in [1.54, 1.807) is 22.6 Å². The predicted octanol–water partition coefficient (Wildman–Crippen LogP) is 7.64. The number of hydrogen-bond donors (Lipinski definition) is 1. The second-order valence-corrected chi connectivity index (χ2v) is 21.0. The summed E-state index contributed by atoms with van der Waals surface area (Å²) in [6, 6.07) is 11.2. The Hall–Kier alpha value is -2.73. The van der Waals surface area contributed by atoms with E-state index in [2.05, 4.69) is 80.9 Å². The van der Waals surface area contributed by atoms with Gasteiger partial charge < -0.3 is 14.1 Å². The van der Waals surface area contributed by atoms with Gasteiger partial charge in [-0.1, -0.05) is 48.8 Å². The minimum Gasteiger partial charge on any atom is -0.412 e. The Kier molecular flexibility index (Phi) is 7.87. The van der Waals surface area contributed by atoms with Gasteiger partial charge in [0.05, 0.1) is 22.9 Å². The van der Waals surface area contributed by atoms with Crippen LogP contribution in [0.2, 0.25) is 18.1 Å². The zero-order valence-corrected chi connectivity index (χ0v) is 29.0. The first-order valence-corrected chi connectivity index (χ1v) is 19.3. The summed E-state index contributed by atoms with van der Waals surface area (Å²) < 4.78 is 39.3. The number of nitrogens with zero attached hydrogens (tertiary/aromatic N) is 4. The van der Waals surface area contributed by atoms with E-state index in [1.165, 1.54) is 0 Å². The molecule has 224 valence electrons. The topological polar surface area (TPSA) is 88.8 Å². The summed E-state index contributed by atoms with van der Waals surface area (Å²) in [6.07, 6.45) is 6.21. The Balaban J connectivity index is 1.69. The fourth-order valence-corrected chi connectivity index (χ4v) is 7.95. The number of nitrogens with one attached hydrogen (secondary N) is 1. The molecule has 0 unspecified atom stereocenters. The summed E-state index contributed by atoms with van der Waals surface area (Å²) in [5.41, 5.74) is 4.28. The van der Waals surface area contributed by atoms with Crippen molar-refractivity contribution in [1.29, 1.82) is 0 Å². The summed E-state index contributed by atoms with van der Waals surface area (Å²) in [5.74, 6) is 0.664. The van der Waals surface area contributed by atoms with Gasteiger partial charge in [0.25, 0.3) is 10.0 Å². The Morgan fingerprint density at radius 1 is 1.10 bits per heavy atom. The predicted molar refractivity (Wildman–Crippen MR) is 176 cm³/mol. The summed E-state index contributed by atoms with van der Waals surface area (Å²) in [7, 11) is -5.97. The third kappa shape index (κ3) is 5.88. The van der Waals surface area contributed by atoms with Crippen molar-refractivity contribution >= 4 is 51.4 Å². The molecule has 1 aliphatic heterocycles. The van der Waals surface area contributed by atoms with Crippen LogP contribution in [0, 0.1) is 0 Å². The van der Waals surface area contributed by atoms with Gasteiger partial charge in [-0.15, -0.1) is 0 Å². The lowest BCUT2D eigenvalue weighted by atomic mass is 10.0. The maximum absolute atomic E-state index is 14.1. The molecular weight excluding hydrogens is 630 g/mol. The molecule has 8 nitrogen and oxygen atoms in total. The zero-order chi connectivity index (χ0) is 30.7. The molecule has 0 amide bonds. The molecular formula is C31H40BrN5O3SSi. The van der Waals surface area contributed by atoms with Gasteiger partial charge in [-0.2, -0.15) is 0 Å². The highest BCUT2D eigenvalue weighted by Gasteiger charge is 2.39. The van der Waals surface area contributed by atoms with Crippen molar-refractivity contribution < 1.29 is 12.8 Å². The lowest BCUT2D eigenvalue weighted by Crippen LogP contribution is -2.41. The minimum atomic E-state index is -3.79. The second-order valence-electron chi connectivity index (χ2n) is 13.4. The van der Waals surface area contributed by atoms with E-state index in [0.717, 1.165) is 26.8 Å². The first kappa shape index (κ1) is 30.7. The number of hydrogen-bond acceptors (Lipinski definition) is 6. The average Bonchev–Trinajstić information content (AvgIpc) is 3.35. The largest absolute Gasteiger partial charge is 0.412 e. The molecule has 0 spiro atoms. The van der Waals surface area contributed by atoms with Crippen LogP contribution in [0.4, 0.5) is 11.5 Å². The van der Waals surface area contributed by atoms with Crippen molar-refractivity contribution in [2.75, 3.05) is 16.2 Å². The number of anilines is 2. The molecule has 0 atom stereocenters. The maximum atomic E-state index is 14.1.